The third-order valence-electron chi connectivity index (χ3n) is 3.88. The number of hydrogen-bond acceptors (Lipinski definition) is 2. The van der Waals surface area contributed by atoms with Crippen molar-refractivity contribution < 1.29 is 18.9 Å². The molecule has 0 saturated carbocycles. The van der Waals surface area contributed by atoms with Crippen molar-refractivity contribution in [3.63, 3.8) is 0 Å². The molecule has 2 aromatic rings. The number of quaternary nitrogens is 1. The van der Waals surface area contributed by atoms with Crippen molar-refractivity contribution in [2.45, 2.75) is 26.8 Å². The van der Waals surface area contributed by atoms with Crippen LogP contribution in [0.2, 0.25) is 0 Å². The van der Waals surface area contributed by atoms with E-state index in [1.165, 1.54) is 12.1 Å². The van der Waals surface area contributed by atoms with E-state index in [1.54, 1.807) is 16.9 Å². The molecular formula is C16H21F2N4O+. The van der Waals surface area contributed by atoms with E-state index < -0.39 is 11.6 Å². The number of aryl methyl sites for hydroxylation is 2. The molecule has 23 heavy (non-hydrogen) atoms. The molecule has 1 aromatic heterocycles. The van der Waals surface area contributed by atoms with E-state index in [-0.39, 0.29) is 18.5 Å². The van der Waals surface area contributed by atoms with Gasteiger partial charge < -0.3 is 10.6 Å². The molecule has 1 aromatic carbocycles. The first-order valence-electron chi connectivity index (χ1n) is 7.38. The number of aromatic nitrogens is 2. The molecule has 1 amide bonds. The number of nitrogens with zero attached hydrogens (tertiary/aromatic N) is 2. The minimum absolute atomic E-state index is 0.131. The van der Waals surface area contributed by atoms with E-state index in [2.05, 4.69) is 10.4 Å². The lowest BCUT2D eigenvalue weighted by atomic mass is 10.1. The molecule has 0 aliphatic rings. The number of anilines is 1. The molecule has 0 fully saturated rings. The molecule has 0 aliphatic heterocycles. The monoisotopic (exact) mass is 323 g/mol. The summed E-state index contributed by atoms with van der Waals surface area (Å²) in [4.78, 5) is 12.1. The summed E-state index contributed by atoms with van der Waals surface area (Å²) < 4.78 is 28.3. The maximum absolute atomic E-state index is 13.7. The van der Waals surface area contributed by atoms with E-state index in [9.17, 15) is 13.6 Å². The summed E-state index contributed by atoms with van der Waals surface area (Å²) >= 11 is 0. The number of rotatable bonds is 5. The average molecular weight is 323 g/mol. The number of halogens is 2. The first-order valence-corrected chi connectivity index (χ1v) is 7.38. The van der Waals surface area contributed by atoms with Crippen LogP contribution >= 0.6 is 0 Å². The van der Waals surface area contributed by atoms with Crippen LogP contribution in [0, 0.1) is 25.5 Å². The van der Waals surface area contributed by atoms with Gasteiger partial charge in [-0.1, -0.05) is 0 Å². The normalized spacial score (nSPS) is 12.3. The highest BCUT2D eigenvalue weighted by molar-refractivity contribution is 5.92. The molecule has 0 saturated heterocycles. The smallest absolute Gasteiger partial charge is 0.279 e. The summed E-state index contributed by atoms with van der Waals surface area (Å²) in [5.74, 6) is -1.41. The van der Waals surface area contributed by atoms with Gasteiger partial charge in [-0.3, -0.25) is 9.48 Å². The zero-order chi connectivity index (χ0) is 17.1. The summed E-state index contributed by atoms with van der Waals surface area (Å²) in [5.41, 5.74) is 2.68. The second kappa shape index (κ2) is 6.87. The topological polar surface area (TPSA) is 63.5 Å². The highest BCUT2D eigenvalue weighted by Crippen LogP contribution is 2.18. The summed E-state index contributed by atoms with van der Waals surface area (Å²) in [6.45, 7) is 5.59. The molecule has 1 atom stereocenters. The highest BCUT2D eigenvalue weighted by Gasteiger charge is 2.18. The van der Waals surface area contributed by atoms with E-state index >= 15 is 0 Å². The van der Waals surface area contributed by atoms with Crippen molar-refractivity contribution >= 4 is 11.6 Å². The number of carbonyl (C=O) groups excluding carboxylic acids is 1. The number of nitrogens with two attached hydrogens (primary N) is 1. The molecule has 7 heteroatoms. The number of carbonyl (C=O) groups is 1. The molecule has 5 nitrogen and oxygen atoms in total. The largest absolute Gasteiger partial charge is 0.332 e. The number of amides is 1. The van der Waals surface area contributed by atoms with Gasteiger partial charge >= 0.3 is 0 Å². The zero-order valence-electron chi connectivity index (χ0n) is 13.7. The Bertz CT molecular complexity index is 727. The molecular weight excluding hydrogens is 302 g/mol. The number of hydrogen-bond donors (Lipinski definition) is 2. The molecule has 124 valence electrons. The second-order valence-electron chi connectivity index (χ2n) is 5.61. The number of benzene rings is 1. The molecule has 0 bridgehead atoms. The third-order valence-corrected chi connectivity index (χ3v) is 3.88. The fraction of sp³-hybridized carbons (Fsp3) is 0.375. The van der Waals surface area contributed by atoms with Crippen LogP contribution < -0.4 is 10.6 Å². The summed E-state index contributed by atoms with van der Waals surface area (Å²) in [7, 11) is 1.81. The van der Waals surface area contributed by atoms with Gasteiger partial charge in [0.05, 0.1) is 17.1 Å². The van der Waals surface area contributed by atoms with Crippen LogP contribution in [0.15, 0.2) is 18.2 Å². The van der Waals surface area contributed by atoms with Crippen LogP contribution in [-0.4, -0.2) is 22.2 Å². The minimum atomic E-state index is -0.612. The van der Waals surface area contributed by atoms with Crippen molar-refractivity contribution in [2.24, 2.45) is 7.05 Å². The van der Waals surface area contributed by atoms with E-state index in [0.717, 1.165) is 17.5 Å². The Hall–Kier alpha value is -2.28. The van der Waals surface area contributed by atoms with E-state index in [4.69, 9.17) is 0 Å². The maximum Gasteiger partial charge on any atom is 0.279 e. The van der Waals surface area contributed by atoms with Crippen LogP contribution in [0.25, 0.3) is 0 Å². The Kier molecular flexibility index (Phi) is 5.10. The predicted octanol–water partition coefficient (Wildman–Crippen LogP) is 1.58. The predicted molar refractivity (Wildman–Crippen MR) is 82.9 cm³/mol. The van der Waals surface area contributed by atoms with Crippen LogP contribution in [0.4, 0.5) is 14.5 Å². The van der Waals surface area contributed by atoms with Gasteiger partial charge in [0.1, 0.15) is 17.7 Å². The van der Waals surface area contributed by atoms with Gasteiger partial charge in [0.15, 0.2) is 6.54 Å². The SMILES string of the molecule is Cc1nn(C)c(C)c1NC(=O)C[NH2+][C@@H](C)c1ccc(F)cc1F. The van der Waals surface area contributed by atoms with Gasteiger partial charge in [-0.25, -0.2) is 8.78 Å². The molecule has 0 unspecified atom stereocenters. The maximum atomic E-state index is 13.7. The molecule has 0 aliphatic carbocycles. The van der Waals surface area contributed by atoms with Crippen molar-refractivity contribution in [3.05, 3.63) is 46.8 Å². The van der Waals surface area contributed by atoms with Gasteiger partial charge in [0, 0.05) is 18.7 Å². The Morgan fingerprint density at radius 2 is 2.09 bits per heavy atom. The summed E-state index contributed by atoms with van der Waals surface area (Å²) in [6.07, 6.45) is 0. The van der Waals surface area contributed by atoms with Crippen LogP contribution in [0.1, 0.15) is 29.9 Å². The summed E-state index contributed by atoms with van der Waals surface area (Å²) in [6, 6.07) is 3.17. The van der Waals surface area contributed by atoms with Crippen molar-refractivity contribution in [3.8, 4) is 0 Å². The molecule has 2 rings (SSSR count). The van der Waals surface area contributed by atoms with Gasteiger partial charge in [0.2, 0.25) is 0 Å². The fourth-order valence-corrected chi connectivity index (χ4v) is 2.43. The molecule has 3 N–H and O–H groups in total. The van der Waals surface area contributed by atoms with Crippen molar-refractivity contribution in [1.82, 2.24) is 9.78 Å². The minimum Gasteiger partial charge on any atom is -0.332 e. The van der Waals surface area contributed by atoms with Crippen molar-refractivity contribution in [1.29, 1.82) is 0 Å². The Labute approximate surface area is 133 Å². The molecule has 1 heterocycles. The van der Waals surface area contributed by atoms with Crippen molar-refractivity contribution in [2.75, 3.05) is 11.9 Å². The first-order chi connectivity index (χ1) is 10.8. The lowest BCUT2D eigenvalue weighted by Crippen LogP contribution is -2.86. The lowest BCUT2D eigenvalue weighted by Gasteiger charge is -2.12. The first kappa shape index (κ1) is 17.1. The molecule has 0 radical (unpaired) electrons. The van der Waals surface area contributed by atoms with Crippen LogP contribution in [-0.2, 0) is 11.8 Å². The van der Waals surface area contributed by atoms with Gasteiger partial charge in [0.25, 0.3) is 5.91 Å². The Balaban J connectivity index is 1.96. The lowest BCUT2D eigenvalue weighted by molar-refractivity contribution is -0.682. The second-order valence-corrected chi connectivity index (χ2v) is 5.61. The Morgan fingerprint density at radius 1 is 1.39 bits per heavy atom. The van der Waals surface area contributed by atoms with Crippen LogP contribution in [0.5, 0.6) is 0 Å². The summed E-state index contributed by atoms with van der Waals surface area (Å²) in [5, 5.41) is 8.76. The van der Waals surface area contributed by atoms with Crippen LogP contribution in [0.3, 0.4) is 0 Å². The zero-order valence-corrected chi connectivity index (χ0v) is 13.7. The highest BCUT2D eigenvalue weighted by atomic mass is 19.1. The standard InChI is InChI=1S/C16H20F2N4O/c1-9(13-6-5-12(17)7-14(13)18)19-8-15(23)20-16-10(2)21-22(4)11(16)3/h5-7,9,19H,8H2,1-4H3,(H,20,23)/p+1/t9-/m0/s1. The van der Waals surface area contributed by atoms with Gasteiger partial charge in [-0.15, -0.1) is 0 Å². The van der Waals surface area contributed by atoms with Gasteiger partial charge in [-0.2, -0.15) is 5.10 Å². The fourth-order valence-electron chi connectivity index (χ4n) is 2.43. The third kappa shape index (κ3) is 3.92. The Morgan fingerprint density at radius 3 is 2.65 bits per heavy atom. The quantitative estimate of drug-likeness (QED) is 0.877. The molecule has 0 spiro atoms. The van der Waals surface area contributed by atoms with E-state index in [1.807, 2.05) is 20.9 Å². The number of nitrogens with one attached hydrogen (secondary N) is 1. The average Bonchev–Trinajstić information content (AvgIpc) is 2.71. The van der Waals surface area contributed by atoms with Gasteiger partial charge in [-0.05, 0) is 32.9 Å². The van der Waals surface area contributed by atoms with E-state index in [0.29, 0.717) is 11.3 Å².